The van der Waals surface area contributed by atoms with Gasteiger partial charge in [0.1, 0.15) is 0 Å². The van der Waals surface area contributed by atoms with Gasteiger partial charge in [-0.05, 0) is 5.10 Å². The van der Waals surface area contributed by atoms with Gasteiger partial charge in [0.2, 0.25) is 5.52 Å². The van der Waals surface area contributed by atoms with Crippen LogP contribution >= 0.6 is 0 Å². The fourth-order valence-electron chi connectivity index (χ4n) is 2.79. The Morgan fingerprint density at radius 1 is 0.821 bits per heavy atom. The molecule has 0 bridgehead atoms. The van der Waals surface area contributed by atoms with Gasteiger partial charge in [0.15, 0.2) is 0 Å². The van der Waals surface area contributed by atoms with Crippen LogP contribution in [0, 0.1) is 40.5 Å². The first-order chi connectivity index (χ1) is 13.2. The maximum atomic E-state index is 11.4. The predicted octanol–water partition coefficient (Wildman–Crippen LogP) is 0.816. The molecule has 2 aromatic carbocycles. The van der Waals surface area contributed by atoms with Crippen molar-refractivity contribution in [2.75, 3.05) is 0 Å². The summed E-state index contributed by atoms with van der Waals surface area (Å²) in [6, 6.07) is 3.33. The van der Waals surface area contributed by atoms with Crippen molar-refractivity contribution in [2.24, 2.45) is 0 Å². The van der Waals surface area contributed by atoms with Crippen molar-refractivity contribution >= 4 is 44.8 Å². The average molecular weight is 388 g/mol. The van der Waals surface area contributed by atoms with Crippen LogP contribution in [0.25, 0.3) is 22.1 Å². The summed E-state index contributed by atoms with van der Waals surface area (Å²) in [6.07, 6.45) is 0. The van der Waals surface area contributed by atoms with E-state index in [0.29, 0.717) is 12.1 Å². The third-order valence-corrected chi connectivity index (χ3v) is 3.92. The molecule has 2 aromatic heterocycles. The van der Waals surface area contributed by atoms with Gasteiger partial charge >= 0.3 is 5.69 Å². The van der Waals surface area contributed by atoms with Crippen molar-refractivity contribution in [3.05, 3.63) is 64.7 Å². The molecule has 28 heavy (non-hydrogen) atoms. The quantitative estimate of drug-likeness (QED) is 0.273. The van der Waals surface area contributed by atoms with E-state index in [4.69, 9.17) is 0 Å². The number of hydrogen-bond donors (Lipinski definition) is 0. The van der Waals surface area contributed by atoms with Gasteiger partial charge in [-0.3, -0.25) is 45.6 Å². The predicted molar refractivity (Wildman–Crippen MR) is 85.8 cm³/mol. The van der Waals surface area contributed by atoms with E-state index in [9.17, 15) is 40.5 Å². The molecule has 140 valence electrons. The van der Waals surface area contributed by atoms with Crippen LogP contribution in [0.3, 0.4) is 0 Å². The minimum absolute atomic E-state index is 0.172. The molecule has 4 aromatic rings. The van der Waals surface area contributed by atoms with Crippen LogP contribution in [0.15, 0.2) is 24.3 Å². The van der Waals surface area contributed by atoms with Crippen molar-refractivity contribution in [1.29, 1.82) is 0 Å². The number of fused-ring (bicyclic) bond motifs is 5. The number of nitro benzene ring substituents is 4. The summed E-state index contributed by atoms with van der Waals surface area (Å²) >= 11 is 0. The van der Waals surface area contributed by atoms with E-state index in [1.54, 1.807) is 0 Å². The van der Waals surface area contributed by atoms with Gasteiger partial charge in [-0.1, -0.05) is 0 Å². The Bertz CT molecular complexity index is 1390. The molecule has 0 radical (unpaired) electrons. The van der Waals surface area contributed by atoms with Gasteiger partial charge in [0.05, 0.1) is 48.9 Å². The first kappa shape index (κ1) is 16.7. The Labute approximate surface area is 149 Å². The first-order valence-corrected chi connectivity index (χ1v) is 7.16. The van der Waals surface area contributed by atoms with E-state index in [1.807, 2.05) is 0 Å². The highest BCUT2D eigenvalue weighted by Gasteiger charge is 2.30. The lowest BCUT2D eigenvalue weighted by molar-refractivity contribution is -0.656. The largest absolute Gasteiger partial charge is 0.328 e. The fourth-order valence-corrected chi connectivity index (χ4v) is 2.79. The topological polar surface area (TPSA) is 208 Å². The van der Waals surface area contributed by atoms with Crippen molar-refractivity contribution in [2.45, 2.75) is 0 Å². The van der Waals surface area contributed by atoms with E-state index < -0.39 is 42.4 Å². The number of rotatable bonds is 4. The Kier molecular flexibility index (Phi) is 3.20. The number of non-ortho nitro benzene ring substituents is 4. The maximum Gasteiger partial charge on any atom is 0.328 e. The molecule has 0 saturated carbocycles. The number of nitrogens with zero attached hydrogens (tertiary/aromatic N) is 8. The first-order valence-electron chi connectivity index (χ1n) is 7.16. The maximum absolute atomic E-state index is 11.4. The number of nitro groups is 4. The highest BCUT2D eigenvalue weighted by Crippen LogP contribution is 2.31. The van der Waals surface area contributed by atoms with Crippen molar-refractivity contribution in [3.8, 4) is 0 Å². The van der Waals surface area contributed by atoms with Crippen LogP contribution in [-0.2, 0) is 0 Å². The molecular formula is C12H4N8O8. The highest BCUT2D eigenvalue weighted by atomic mass is 16.6. The van der Waals surface area contributed by atoms with Gasteiger partial charge in [-0.25, -0.2) is 0 Å². The summed E-state index contributed by atoms with van der Waals surface area (Å²) in [5.74, 6) is 0. The van der Waals surface area contributed by atoms with Gasteiger partial charge in [-0.2, -0.15) is 4.63 Å². The smallest absolute Gasteiger partial charge is 0.263 e. The van der Waals surface area contributed by atoms with Crippen LogP contribution < -0.4 is 9.73 Å². The molecule has 0 amide bonds. The second kappa shape index (κ2) is 5.37. The Morgan fingerprint density at radius 3 is 1.96 bits per heavy atom. The summed E-state index contributed by atoms with van der Waals surface area (Å²) in [4.78, 5) is 41.2. The van der Waals surface area contributed by atoms with Crippen LogP contribution in [0.4, 0.5) is 22.7 Å². The fraction of sp³-hybridized carbons (Fsp3) is 0. The van der Waals surface area contributed by atoms with E-state index in [2.05, 4.69) is 10.2 Å². The molecule has 0 aliphatic rings. The zero-order valence-corrected chi connectivity index (χ0v) is 13.2. The lowest BCUT2D eigenvalue weighted by atomic mass is 10.2. The van der Waals surface area contributed by atoms with Crippen molar-refractivity contribution in [1.82, 2.24) is 14.8 Å². The van der Waals surface area contributed by atoms with Crippen molar-refractivity contribution in [3.63, 3.8) is 0 Å². The number of hydrogen-bond acceptors (Lipinski definition) is 9. The van der Waals surface area contributed by atoms with E-state index in [0.717, 1.165) is 21.4 Å². The summed E-state index contributed by atoms with van der Waals surface area (Å²) in [6.45, 7) is 0. The molecule has 0 unspecified atom stereocenters. The highest BCUT2D eigenvalue weighted by molar-refractivity contribution is 5.88. The molecule has 0 aliphatic carbocycles. The molecule has 4 rings (SSSR count). The third kappa shape index (κ3) is 2.18. The lowest BCUT2D eigenvalue weighted by Gasteiger charge is -1.96. The summed E-state index contributed by atoms with van der Waals surface area (Å²) in [5.41, 5.74) is -3.53. The van der Waals surface area contributed by atoms with E-state index >= 15 is 0 Å². The second-order valence-corrected chi connectivity index (χ2v) is 5.47. The Balaban J connectivity index is 2.22. The normalized spacial score (nSPS) is 11.3. The van der Waals surface area contributed by atoms with Gasteiger partial charge in [0, 0.05) is 6.07 Å². The molecule has 0 spiro atoms. The SMILES string of the molecule is O=[N+]([O-])c1cc([N+](=O)[O-])c2c(c1)nn1c3cc([N+](=O)[O-])cc([N+](=O)[O-])c3[n-][n+]21. The molecule has 0 N–H and O–H groups in total. The molecule has 0 saturated heterocycles. The zero-order valence-electron chi connectivity index (χ0n) is 13.2. The Hall–Kier alpha value is -4.76. The average Bonchev–Trinajstić information content (AvgIpc) is 3.15. The van der Waals surface area contributed by atoms with Gasteiger partial charge < -0.3 is 0 Å². The van der Waals surface area contributed by atoms with E-state index in [-0.39, 0.29) is 22.1 Å². The van der Waals surface area contributed by atoms with Crippen LogP contribution in [-0.4, -0.2) is 29.4 Å². The van der Waals surface area contributed by atoms with Crippen molar-refractivity contribution < 1.29 is 24.3 Å². The van der Waals surface area contributed by atoms with E-state index in [1.165, 1.54) is 0 Å². The van der Waals surface area contributed by atoms with Gasteiger partial charge in [0.25, 0.3) is 22.6 Å². The third-order valence-electron chi connectivity index (χ3n) is 3.92. The van der Waals surface area contributed by atoms with Gasteiger partial charge in [-0.15, -0.1) is 4.63 Å². The molecule has 2 heterocycles. The molecular weight excluding hydrogens is 384 g/mol. The number of benzene rings is 2. The minimum atomic E-state index is -0.889. The number of aromatic nitrogens is 4. The minimum Gasteiger partial charge on any atom is -0.263 e. The second-order valence-electron chi connectivity index (χ2n) is 5.47. The molecule has 0 aliphatic heterocycles. The summed E-state index contributed by atoms with van der Waals surface area (Å²) in [7, 11) is 0. The molecule has 0 atom stereocenters. The standard InChI is InChI=1S/C12H4N8O8/c21-17(22)5-1-7-12(10(4-5)20(27)28)16-14-11-8(15(16)13-7)2-6(18(23)24)3-9(11)19(25)26/h1-4H. The van der Waals surface area contributed by atoms with Crippen LogP contribution in [0.2, 0.25) is 0 Å². The monoisotopic (exact) mass is 388 g/mol. The summed E-state index contributed by atoms with van der Waals surface area (Å²) < 4.78 is 1.70. The summed E-state index contributed by atoms with van der Waals surface area (Å²) in [5, 5.41) is 52.6. The molecule has 16 heteroatoms. The molecule has 16 nitrogen and oxygen atoms in total. The zero-order chi connectivity index (χ0) is 20.3. The van der Waals surface area contributed by atoms with Crippen LogP contribution in [0.5, 0.6) is 0 Å². The molecule has 0 fully saturated rings. The van der Waals surface area contributed by atoms with Crippen LogP contribution in [0.1, 0.15) is 0 Å². The Morgan fingerprint density at radius 2 is 1.39 bits per heavy atom. The lowest BCUT2D eigenvalue weighted by Crippen LogP contribution is -2.31.